The summed E-state index contributed by atoms with van der Waals surface area (Å²) in [5.41, 5.74) is 8.48. The van der Waals surface area contributed by atoms with Crippen LogP contribution in [0.15, 0.2) is 41.6 Å². The Kier molecular flexibility index (Phi) is 4.48. The van der Waals surface area contributed by atoms with Gasteiger partial charge in [0, 0.05) is 53.9 Å². The lowest BCUT2D eigenvalue weighted by Crippen LogP contribution is -2.48. The molecule has 0 amide bonds. The second-order valence-electron chi connectivity index (χ2n) is 7.66. The Bertz CT molecular complexity index is 1330. The number of piperidine rings is 1. The van der Waals surface area contributed by atoms with Gasteiger partial charge in [-0.05, 0) is 18.6 Å². The number of pyridine rings is 1. The number of benzene rings is 1. The summed E-state index contributed by atoms with van der Waals surface area (Å²) < 4.78 is 15.5. The first-order valence-electron chi connectivity index (χ1n) is 9.71. The summed E-state index contributed by atoms with van der Waals surface area (Å²) in [6.45, 7) is 0.848. The molecule has 0 saturated carbocycles. The van der Waals surface area contributed by atoms with Crippen LogP contribution < -0.4 is 16.2 Å². The van der Waals surface area contributed by atoms with E-state index in [4.69, 9.17) is 17.3 Å². The second-order valence-corrected chi connectivity index (χ2v) is 8.04. The molecule has 9 heteroatoms. The van der Waals surface area contributed by atoms with Crippen LogP contribution in [-0.2, 0) is 7.05 Å². The van der Waals surface area contributed by atoms with E-state index in [1.807, 2.05) is 17.0 Å². The minimum Gasteiger partial charge on any atom is -0.352 e. The molecule has 1 aliphatic rings. The van der Waals surface area contributed by atoms with E-state index in [2.05, 4.69) is 15.0 Å². The molecule has 2 atom stereocenters. The average molecular weight is 427 g/mol. The molecule has 0 aliphatic carbocycles. The van der Waals surface area contributed by atoms with Crippen LogP contribution in [-0.4, -0.2) is 44.8 Å². The molecule has 154 valence electrons. The Morgan fingerprint density at radius 1 is 1.27 bits per heavy atom. The number of rotatable bonds is 2. The van der Waals surface area contributed by atoms with E-state index in [9.17, 15) is 9.18 Å². The number of hydrogen-bond donors (Lipinski definition) is 2. The molecule has 0 unspecified atom stereocenters. The number of halogens is 2. The molecule has 1 aromatic carbocycles. The summed E-state index contributed by atoms with van der Waals surface area (Å²) in [7, 11) is 1.71. The Morgan fingerprint density at radius 2 is 2.10 bits per heavy atom. The van der Waals surface area contributed by atoms with Crippen molar-refractivity contribution >= 4 is 39.4 Å². The molecule has 5 rings (SSSR count). The van der Waals surface area contributed by atoms with Gasteiger partial charge >= 0.3 is 0 Å². The molecule has 4 aromatic rings. The topological polar surface area (TPSA) is 92.8 Å². The van der Waals surface area contributed by atoms with Crippen molar-refractivity contribution in [2.45, 2.75) is 18.6 Å². The molecule has 0 bridgehead atoms. The first-order valence-corrected chi connectivity index (χ1v) is 10.1. The van der Waals surface area contributed by atoms with E-state index in [1.165, 1.54) is 4.57 Å². The van der Waals surface area contributed by atoms with Gasteiger partial charge in [-0.1, -0.05) is 17.7 Å². The fourth-order valence-electron chi connectivity index (χ4n) is 3.97. The van der Waals surface area contributed by atoms with Gasteiger partial charge in [0.15, 0.2) is 5.65 Å². The van der Waals surface area contributed by atoms with Gasteiger partial charge in [0.1, 0.15) is 17.5 Å². The highest BCUT2D eigenvalue weighted by Gasteiger charge is 2.27. The van der Waals surface area contributed by atoms with Gasteiger partial charge in [0.05, 0.1) is 17.8 Å². The van der Waals surface area contributed by atoms with Crippen molar-refractivity contribution < 1.29 is 4.39 Å². The van der Waals surface area contributed by atoms with E-state index in [0.717, 1.165) is 11.1 Å². The average Bonchev–Trinajstić information content (AvgIpc) is 3.16. The predicted molar refractivity (Wildman–Crippen MR) is 117 cm³/mol. The van der Waals surface area contributed by atoms with Crippen LogP contribution in [0.25, 0.3) is 33.1 Å². The van der Waals surface area contributed by atoms with Gasteiger partial charge in [-0.2, -0.15) is 0 Å². The number of alkyl halides is 1. The third-order valence-corrected chi connectivity index (χ3v) is 6.18. The van der Waals surface area contributed by atoms with Crippen molar-refractivity contribution in [3.63, 3.8) is 0 Å². The highest BCUT2D eigenvalue weighted by Crippen LogP contribution is 2.36. The summed E-state index contributed by atoms with van der Waals surface area (Å²) in [6.07, 6.45) is 4.63. The van der Waals surface area contributed by atoms with Crippen LogP contribution in [0.2, 0.25) is 5.02 Å². The molecule has 1 aliphatic heterocycles. The molecule has 3 N–H and O–H groups in total. The van der Waals surface area contributed by atoms with Gasteiger partial charge in [-0.15, -0.1) is 0 Å². The first kappa shape index (κ1) is 19.0. The Balaban J connectivity index is 1.57. The van der Waals surface area contributed by atoms with Crippen LogP contribution in [0.5, 0.6) is 0 Å². The number of anilines is 1. The summed E-state index contributed by atoms with van der Waals surface area (Å²) in [5, 5.41) is 1.74. The number of aromatic nitrogens is 4. The van der Waals surface area contributed by atoms with E-state index in [1.54, 1.807) is 31.7 Å². The number of nitrogens with one attached hydrogen (secondary N) is 1. The molecule has 0 spiro atoms. The largest absolute Gasteiger partial charge is 0.352 e. The van der Waals surface area contributed by atoms with Crippen molar-refractivity contribution in [3.8, 4) is 11.1 Å². The number of nitrogens with zero attached hydrogens (tertiary/aromatic N) is 4. The lowest BCUT2D eigenvalue weighted by atomic mass is 10.0. The number of H-pyrrole nitrogens is 1. The van der Waals surface area contributed by atoms with E-state index in [-0.39, 0.29) is 12.1 Å². The predicted octanol–water partition coefficient (Wildman–Crippen LogP) is 3.01. The maximum Gasteiger partial charge on any atom is 0.258 e. The number of hydrogen-bond acceptors (Lipinski definition) is 5. The SMILES string of the molecule is Cn1ccc2c(Cl)c(-c3c[nH]c4nc(N5CC[C@H](N)[C@H](F)C5)cnc34)ccc2c1=O. The van der Waals surface area contributed by atoms with Gasteiger partial charge in [-0.25, -0.2) is 14.4 Å². The number of fused-ring (bicyclic) bond motifs is 2. The zero-order valence-electron chi connectivity index (χ0n) is 16.3. The smallest absolute Gasteiger partial charge is 0.258 e. The van der Waals surface area contributed by atoms with Gasteiger partial charge in [-0.3, -0.25) is 4.79 Å². The van der Waals surface area contributed by atoms with Crippen molar-refractivity contribution in [3.05, 3.63) is 52.2 Å². The molecule has 1 fully saturated rings. The normalized spacial score (nSPS) is 19.7. The summed E-state index contributed by atoms with van der Waals surface area (Å²) >= 11 is 6.67. The first-order chi connectivity index (χ1) is 14.4. The van der Waals surface area contributed by atoms with Crippen molar-refractivity contribution in [1.29, 1.82) is 0 Å². The van der Waals surface area contributed by atoms with Crippen molar-refractivity contribution in [1.82, 2.24) is 19.5 Å². The van der Waals surface area contributed by atoms with E-state index in [0.29, 0.717) is 45.7 Å². The molecule has 30 heavy (non-hydrogen) atoms. The lowest BCUT2D eigenvalue weighted by Gasteiger charge is -2.33. The van der Waals surface area contributed by atoms with Crippen molar-refractivity contribution in [2.24, 2.45) is 12.8 Å². The third-order valence-electron chi connectivity index (χ3n) is 5.77. The van der Waals surface area contributed by atoms with Gasteiger partial charge in [0.2, 0.25) is 0 Å². The molecule has 1 saturated heterocycles. The van der Waals surface area contributed by atoms with Crippen LogP contribution in [0.4, 0.5) is 10.2 Å². The maximum atomic E-state index is 14.0. The highest BCUT2D eigenvalue weighted by atomic mass is 35.5. The van der Waals surface area contributed by atoms with Crippen LogP contribution in [0, 0.1) is 0 Å². The molecule has 3 aromatic heterocycles. The minimum atomic E-state index is -1.08. The quantitative estimate of drug-likeness (QED) is 0.514. The number of aryl methyl sites for hydroxylation is 1. The van der Waals surface area contributed by atoms with E-state index < -0.39 is 12.2 Å². The number of aromatic amines is 1. The van der Waals surface area contributed by atoms with Gasteiger partial charge < -0.3 is 20.2 Å². The zero-order valence-corrected chi connectivity index (χ0v) is 17.0. The Labute approximate surface area is 176 Å². The fourth-order valence-corrected chi connectivity index (χ4v) is 4.30. The van der Waals surface area contributed by atoms with E-state index >= 15 is 0 Å². The van der Waals surface area contributed by atoms with Crippen LogP contribution in [0.3, 0.4) is 0 Å². The molecular weight excluding hydrogens is 407 g/mol. The fraction of sp³-hybridized carbons (Fsp3) is 0.286. The monoisotopic (exact) mass is 426 g/mol. The minimum absolute atomic E-state index is 0.100. The van der Waals surface area contributed by atoms with Crippen LogP contribution in [0.1, 0.15) is 6.42 Å². The van der Waals surface area contributed by atoms with Gasteiger partial charge in [0.25, 0.3) is 5.56 Å². The van der Waals surface area contributed by atoms with Crippen molar-refractivity contribution in [2.75, 3.05) is 18.0 Å². The summed E-state index contributed by atoms with van der Waals surface area (Å²) in [4.78, 5) is 26.6. The zero-order chi connectivity index (χ0) is 21.0. The molecular formula is C21H20ClFN6O. The third kappa shape index (κ3) is 2.95. The molecule has 7 nitrogen and oxygen atoms in total. The molecule has 0 radical (unpaired) electrons. The summed E-state index contributed by atoms with van der Waals surface area (Å²) in [5.74, 6) is 0.610. The lowest BCUT2D eigenvalue weighted by molar-refractivity contribution is 0.251. The number of nitrogens with two attached hydrogens (primary N) is 1. The Hall–Kier alpha value is -2.97. The molecule has 4 heterocycles. The Morgan fingerprint density at radius 3 is 2.90 bits per heavy atom. The summed E-state index contributed by atoms with van der Waals surface area (Å²) in [6, 6.07) is 5.00. The maximum absolute atomic E-state index is 14.0. The second kappa shape index (κ2) is 7.07. The standard InChI is InChI=1S/C21H20ClFN6O/c1-28-6-4-12-13(21(28)30)3-2-11(18(12)22)14-8-26-20-19(14)25-9-17(27-20)29-7-5-16(24)15(23)10-29/h2-4,6,8-9,15-16H,5,7,10,24H2,1H3,(H,26,27)/t15-,16+/m1/s1. The van der Waals surface area contributed by atoms with Crippen LogP contribution >= 0.6 is 11.6 Å². The highest BCUT2D eigenvalue weighted by molar-refractivity contribution is 6.38.